The summed E-state index contributed by atoms with van der Waals surface area (Å²) in [4.78, 5) is 15.7. The molecule has 37 heavy (non-hydrogen) atoms. The first-order valence-corrected chi connectivity index (χ1v) is 12.9. The third kappa shape index (κ3) is 5.82. The molecule has 2 aromatic carbocycles. The number of piperidine rings is 1. The standard InChI is InChI=1S/C28H31F5N2O2/c29-23-5-1-19(2-6-23)20-8-11-35(12-9-20)25-7-10-27(37-17-25,21-3-4-21)26(36)34-16-18-13-22(28(31,32)33)15-24(30)14-18/h1-2,5-6,13-15,20-21,25H,3-4,7-12,16-17H2,(H,34,36). The Morgan fingerprint density at radius 1 is 0.973 bits per heavy atom. The molecule has 0 radical (unpaired) electrons. The summed E-state index contributed by atoms with van der Waals surface area (Å²) in [5, 5.41) is 2.72. The minimum absolute atomic E-state index is 0.0596. The van der Waals surface area contributed by atoms with Gasteiger partial charge in [-0.2, -0.15) is 13.2 Å². The van der Waals surface area contributed by atoms with Gasteiger partial charge in [0.25, 0.3) is 5.91 Å². The number of rotatable bonds is 6. The molecular formula is C28H31F5N2O2. The number of benzene rings is 2. The van der Waals surface area contributed by atoms with Gasteiger partial charge in [0, 0.05) is 12.6 Å². The number of hydrogen-bond acceptors (Lipinski definition) is 3. The van der Waals surface area contributed by atoms with E-state index in [9.17, 15) is 26.7 Å². The number of nitrogens with one attached hydrogen (secondary N) is 1. The Morgan fingerprint density at radius 2 is 1.68 bits per heavy atom. The van der Waals surface area contributed by atoms with Crippen LogP contribution in [-0.2, 0) is 22.3 Å². The number of ether oxygens (including phenoxy) is 1. The molecule has 3 aliphatic rings. The van der Waals surface area contributed by atoms with Gasteiger partial charge in [-0.05, 0) is 105 Å². The van der Waals surface area contributed by atoms with Gasteiger partial charge in [-0.15, -0.1) is 0 Å². The third-order valence-corrected chi connectivity index (χ3v) is 8.13. The smallest absolute Gasteiger partial charge is 0.363 e. The average Bonchev–Trinajstić information content (AvgIpc) is 3.73. The second kappa shape index (κ2) is 10.3. The number of carbonyl (C=O) groups excluding carboxylic acids is 1. The third-order valence-electron chi connectivity index (χ3n) is 8.13. The first-order valence-electron chi connectivity index (χ1n) is 12.9. The second-order valence-electron chi connectivity index (χ2n) is 10.6. The molecule has 2 atom stereocenters. The van der Waals surface area contributed by atoms with Gasteiger partial charge in [0.15, 0.2) is 0 Å². The summed E-state index contributed by atoms with van der Waals surface area (Å²) in [6, 6.07) is 9.24. The number of amides is 1. The van der Waals surface area contributed by atoms with E-state index in [-0.39, 0.29) is 35.8 Å². The quantitative estimate of drug-likeness (QED) is 0.487. The van der Waals surface area contributed by atoms with Gasteiger partial charge in [0.1, 0.15) is 17.2 Å². The molecule has 1 N–H and O–H groups in total. The maximum Gasteiger partial charge on any atom is 0.416 e. The highest BCUT2D eigenvalue weighted by Crippen LogP contribution is 2.47. The van der Waals surface area contributed by atoms with Crippen molar-refractivity contribution in [1.82, 2.24) is 10.2 Å². The molecule has 4 nitrogen and oxygen atoms in total. The monoisotopic (exact) mass is 522 g/mol. The van der Waals surface area contributed by atoms with E-state index < -0.39 is 23.2 Å². The summed E-state index contributed by atoms with van der Waals surface area (Å²) < 4.78 is 72.4. The van der Waals surface area contributed by atoms with Gasteiger partial charge in [-0.1, -0.05) is 12.1 Å². The zero-order chi connectivity index (χ0) is 26.2. The Hall–Kier alpha value is -2.52. The molecule has 2 saturated heterocycles. The van der Waals surface area contributed by atoms with Crippen LogP contribution in [-0.4, -0.2) is 42.1 Å². The molecular weight excluding hydrogens is 491 g/mol. The van der Waals surface area contributed by atoms with E-state index in [2.05, 4.69) is 10.2 Å². The van der Waals surface area contributed by atoms with Crippen molar-refractivity contribution in [3.8, 4) is 0 Å². The Labute approximate surface area is 213 Å². The molecule has 200 valence electrons. The zero-order valence-electron chi connectivity index (χ0n) is 20.5. The summed E-state index contributed by atoms with van der Waals surface area (Å²) in [7, 11) is 0. The van der Waals surface area contributed by atoms with Crippen LogP contribution in [0.5, 0.6) is 0 Å². The minimum atomic E-state index is -4.66. The number of likely N-dealkylation sites (tertiary alicyclic amines) is 1. The molecule has 0 bridgehead atoms. The maximum absolute atomic E-state index is 13.8. The second-order valence-corrected chi connectivity index (χ2v) is 10.6. The Balaban J connectivity index is 1.17. The SMILES string of the molecule is O=C(NCc1cc(F)cc(C(F)(F)F)c1)C1(C2CC2)CCC(N2CCC(c3ccc(F)cc3)CC2)CO1. The molecule has 1 aliphatic carbocycles. The lowest BCUT2D eigenvalue weighted by molar-refractivity contribution is -0.165. The van der Waals surface area contributed by atoms with Crippen LogP contribution in [0.25, 0.3) is 0 Å². The highest BCUT2D eigenvalue weighted by molar-refractivity contribution is 5.86. The van der Waals surface area contributed by atoms with E-state index in [1.807, 2.05) is 12.1 Å². The lowest BCUT2D eigenvalue weighted by Gasteiger charge is -2.45. The Morgan fingerprint density at radius 3 is 2.27 bits per heavy atom. The van der Waals surface area contributed by atoms with Crippen molar-refractivity contribution in [2.24, 2.45) is 5.92 Å². The number of hydrogen-bond donors (Lipinski definition) is 1. The van der Waals surface area contributed by atoms with Crippen molar-refractivity contribution in [2.75, 3.05) is 19.7 Å². The number of nitrogens with zero attached hydrogens (tertiary/aromatic N) is 1. The first-order chi connectivity index (χ1) is 17.6. The summed E-state index contributed by atoms with van der Waals surface area (Å²) in [6.45, 7) is 2.03. The van der Waals surface area contributed by atoms with Crippen LogP contribution in [0.3, 0.4) is 0 Å². The fourth-order valence-electron chi connectivity index (χ4n) is 5.89. The van der Waals surface area contributed by atoms with Gasteiger partial charge in [-0.3, -0.25) is 9.69 Å². The maximum atomic E-state index is 13.8. The van der Waals surface area contributed by atoms with Crippen molar-refractivity contribution in [1.29, 1.82) is 0 Å². The van der Waals surface area contributed by atoms with Crippen molar-refractivity contribution >= 4 is 5.91 Å². The van der Waals surface area contributed by atoms with Crippen LogP contribution in [0.1, 0.15) is 61.1 Å². The predicted molar refractivity (Wildman–Crippen MR) is 128 cm³/mol. The lowest BCUT2D eigenvalue weighted by Crippen LogP contribution is -2.57. The van der Waals surface area contributed by atoms with Gasteiger partial charge in [-0.25, -0.2) is 8.78 Å². The van der Waals surface area contributed by atoms with Gasteiger partial charge >= 0.3 is 6.18 Å². The normalized spacial score (nSPS) is 25.7. The number of carbonyl (C=O) groups is 1. The summed E-state index contributed by atoms with van der Waals surface area (Å²) in [5.41, 5.74) is -0.840. The largest absolute Gasteiger partial charge is 0.416 e. The van der Waals surface area contributed by atoms with E-state index in [1.54, 1.807) is 0 Å². The fourth-order valence-corrected chi connectivity index (χ4v) is 5.89. The van der Waals surface area contributed by atoms with Crippen LogP contribution >= 0.6 is 0 Å². The van der Waals surface area contributed by atoms with Crippen LogP contribution < -0.4 is 5.32 Å². The molecule has 2 heterocycles. The molecule has 3 fully saturated rings. The van der Waals surface area contributed by atoms with Crippen molar-refractivity contribution in [3.05, 3.63) is 70.8 Å². The molecule has 5 rings (SSSR count). The molecule has 0 spiro atoms. The van der Waals surface area contributed by atoms with Crippen molar-refractivity contribution in [3.63, 3.8) is 0 Å². The Kier molecular flexibility index (Phi) is 7.29. The van der Waals surface area contributed by atoms with Gasteiger partial charge in [0.2, 0.25) is 0 Å². The van der Waals surface area contributed by atoms with E-state index in [0.29, 0.717) is 25.0 Å². The summed E-state index contributed by atoms with van der Waals surface area (Å²) in [5.74, 6) is -1.06. The topological polar surface area (TPSA) is 41.6 Å². The molecule has 1 amide bonds. The molecule has 2 aliphatic heterocycles. The van der Waals surface area contributed by atoms with E-state index in [4.69, 9.17) is 4.74 Å². The molecule has 1 saturated carbocycles. The van der Waals surface area contributed by atoms with Gasteiger partial charge < -0.3 is 10.1 Å². The molecule has 0 aromatic heterocycles. The van der Waals surface area contributed by atoms with Crippen LogP contribution in [0.2, 0.25) is 0 Å². The van der Waals surface area contributed by atoms with E-state index in [0.717, 1.165) is 62.9 Å². The predicted octanol–water partition coefficient (Wildman–Crippen LogP) is 5.81. The zero-order valence-corrected chi connectivity index (χ0v) is 20.5. The van der Waals surface area contributed by atoms with E-state index >= 15 is 0 Å². The first kappa shape index (κ1) is 26.1. The molecule has 2 aromatic rings. The van der Waals surface area contributed by atoms with E-state index in [1.165, 1.54) is 12.1 Å². The lowest BCUT2D eigenvalue weighted by atomic mass is 9.84. The van der Waals surface area contributed by atoms with Gasteiger partial charge in [0.05, 0.1) is 12.2 Å². The van der Waals surface area contributed by atoms with Crippen LogP contribution in [0.4, 0.5) is 22.0 Å². The molecule has 2 unspecified atom stereocenters. The Bertz CT molecular complexity index is 1100. The van der Waals surface area contributed by atoms with Crippen molar-refractivity contribution < 1.29 is 31.5 Å². The summed E-state index contributed by atoms with van der Waals surface area (Å²) in [6.07, 6.45) is 0.379. The highest BCUT2D eigenvalue weighted by Gasteiger charge is 2.54. The minimum Gasteiger partial charge on any atom is -0.363 e. The van der Waals surface area contributed by atoms with Crippen LogP contribution in [0.15, 0.2) is 42.5 Å². The number of halogens is 5. The fraction of sp³-hybridized carbons (Fsp3) is 0.536. The average molecular weight is 523 g/mol. The highest BCUT2D eigenvalue weighted by atomic mass is 19.4. The molecule has 9 heteroatoms. The summed E-state index contributed by atoms with van der Waals surface area (Å²) >= 11 is 0. The number of alkyl halides is 3. The van der Waals surface area contributed by atoms with Crippen LogP contribution in [0, 0.1) is 17.6 Å². The van der Waals surface area contributed by atoms with Crippen molar-refractivity contribution in [2.45, 2.75) is 68.8 Å².